The van der Waals surface area contributed by atoms with Gasteiger partial charge >= 0.3 is 0 Å². The van der Waals surface area contributed by atoms with Crippen LogP contribution in [0, 0.1) is 0 Å². The van der Waals surface area contributed by atoms with Crippen LogP contribution in [0.15, 0.2) is 23.6 Å². The van der Waals surface area contributed by atoms with Gasteiger partial charge in [0, 0.05) is 17.5 Å². The Balaban J connectivity index is 1.78. The maximum atomic E-state index is 11.9. The van der Waals surface area contributed by atoms with E-state index in [4.69, 9.17) is 10.5 Å². The van der Waals surface area contributed by atoms with Gasteiger partial charge in [0.05, 0.1) is 6.61 Å². The highest BCUT2D eigenvalue weighted by molar-refractivity contribution is 7.13. The lowest BCUT2D eigenvalue weighted by molar-refractivity contribution is 0.102. The zero-order valence-corrected chi connectivity index (χ0v) is 10.3. The van der Waals surface area contributed by atoms with Crippen LogP contribution in [0.2, 0.25) is 0 Å². The van der Waals surface area contributed by atoms with Gasteiger partial charge in [-0.1, -0.05) is 0 Å². The SMILES string of the molecule is Nc1nc(C(=O)Nc2ccc3c(c2)CCO3)cs1. The monoisotopic (exact) mass is 261 g/mol. The molecule has 6 heteroatoms. The number of nitrogens with one attached hydrogen (secondary N) is 1. The summed E-state index contributed by atoms with van der Waals surface area (Å²) in [4.78, 5) is 15.8. The van der Waals surface area contributed by atoms with E-state index >= 15 is 0 Å². The lowest BCUT2D eigenvalue weighted by Gasteiger charge is -2.05. The highest BCUT2D eigenvalue weighted by atomic mass is 32.1. The number of rotatable bonds is 2. The number of anilines is 2. The van der Waals surface area contributed by atoms with E-state index < -0.39 is 0 Å². The van der Waals surface area contributed by atoms with Gasteiger partial charge in [0.1, 0.15) is 11.4 Å². The van der Waals surface area contributed by atoms with E-state index in [9.17, 15) is 4.79 Å². The van der Waals surface area contributed by atoms with Crippen LogP contribution in [0.4, 0.5) is 10.8 Å². The molecule has 1 aromatic heterocycles. The van der Waals surface area contributed by atoms with Gasteiger partial charge in [-0.05, 0) is 23.8 Å². The first-order valence-corrected chi connectivity index (χ1v) is 6.38. The molecule has 0 radical (unpaired) electrons. The number of thiazole rings is 1. The topological polar surface area (TPSA) is 77.2 Å². The molecule has 1 amide bonds. The molecule has 1 aromatic carbocycles. The summed E-state index contributed by atoms with van der Waals surface area (Å²) in [6.07, 6.45) is 0.878. The van der Waals surface area contributed by atoms with Crippen LogP contribution in [-0.4, -0.2) is 17.5 Å². The summed E-state index contributed by atoms with van der Waals surface area (Å²) in [6.45, 7) is 0.704. The third-order valence-corrected chi connectivity index (χ3v) is 3.38. The summed E-state index contributed by atoms with van der Waals surface area (Å²) < 4.78 is 5.41. The Kier molecular flexibility index (Phi) is 2.64. The second kappa shape index (κ2) is 4.30. The molecule has 0 atom stereocenters. The van der Waals surface area contributed by atoms with E-state index in [0.717, 1.165) is 23.4 Å². The minimum absolute atomic E-state index is 0.248. The summed E-state index contributed by atoms with van der Waals surface area (Å²) in [5, 5.41) is 4.83. The zero-order chi connectivity index (χ0) is 12.5. The maximum absolute atomic E-state index is 11.9. The number of nitrogens with zero attached hydrogens (tertiary/aromatic N) is 1. The van der Waals surface area contributed by atoms with Gasteiger partial charge in [-0.25, -0.2) is 4.98 Å². The minimum Gasteiger partial charge on any atom is -0.493 e. The highest BCUT2D eigenvalue weighted by Gasteiger charge is 2.14. The average Bonchev–Trinajstić information content (AvgIpc) is 2.96. The van der Waals surface area contributed by atoms with E-state index in [-0.39, 0.29) is 5.91 Å². The summed E-state index contributed by atoms with van der Waals surface area (Å²) in [5.74, 6) is 0.646. The second-order valence-electron chi connectivity index (χ2n) is 3.95. The van der Waals surface area contributed by atoms with Crippen molar-refractivity contribution in [3.8, 4) is 5.75 Å². The fraction of sp³-hybridized carbons (Fsp3) is 0.167. The average molecular weight is 261 g/mol. The van der Waals surface area contributed by atoms with Crippen molar-refractivity contribution in [3.63, 3.8) is 0 Å². The van der Waals surface area contributed by atoms with Gasteiger partial charge in [-0.2, -0.15) is 0 Å². The standard InChI is InChI=1S/C12H11N3O2S/c13-12-15-9(6-18-12)11(16)14-8-1-2-10-7(5-8)3-4-17-10/h1-2,5-6H,3-4H2,(H2,13,15)(H,14,16). The molecule has 2 heterocycles. The number of ether oxygens (including phenoxy) is 1. The van der Waals surface area contributed by atoms with Gasteiger partial charge in [-0.15, -0.1) is 11.3 Å². The smallest absolute Gasteiger partial charge is 0.275 e. The Labute approximate surface area is 108 Å². The first kappa shape index (κ1) is 11.0. The van der Waals surface area contributed by atoms with Crippen molar-refractivity contribution < 1.29 is 9.53 Å². The quantitative estimate of drug-likeness (QED) is 0.865. The summed E-state index contributed by atoms with van der Waals surface area (Å²) in [7, 11) is 0. The molecule has 92 valence electrons. The lowest BCUT2D eigenvalue weighted by Crippen LogP contribution is -2.12. The molecule has 0 saturated carbocycles. The predicted molar refractivity (Wildman–Crippen MR) is 70.1 cm³/mol. The number of carbonyl (C=O) groups excluding carboxylic acids is 1. The van der Waals surface area contributed by atoms with Crippen LogP contribution in [0.5, 0.6) is 5.75 Å². The second-order valence-corrected chi connectivity index (χ2v) is 4.84. The van der Waals surface area contributed by atoms with Crippen LogP contribution in [0.25, 0.3) is 0 Å². The van der Waals surface area contributed by atoms with E-state index in [1.165, 1.54) is 11.3 Å². The third-order valence-electron chi connectivity index (χ3n) is 2.70. The van der Waals surface area contributed by atoms with Crippen LogP contribution in [0.3, 0.4) is 0 Å². The van der Waals surface area contributed by atoms with Crippen molar-refractivity contribution in [1.82, 2.24) is 4.98 Å². The molecule has 5 nitrogen and oxygen atoms in total. The van der Waals surface area contributed by atoms with Crippen molar-refractivity contribution in [1.29, 1.82) is 0 Å². The molecule has 0 bridgehead atoms. The first-order chi connectivity index (χ1) is 8.72. The summed E-state index contributed by atoms with van der Waals surface area (Å²) in [6, 6.07) is 5.61. The molecular weight excluding hydrogens is 250 g/mol. The van der Waals surface area contributed by atoms with E-state index in [1.54, 1.807) is 5.38 Å². The molecule has 1 aliphatic heterocycles. The molecule has 2 aromatic rings. The molecule has 0 spiro atoms. The van der Waals surface area contributed by atoms with Crippen LogP contribution < -0.4 is 15.8 Å². The molecule has 18 heavy (non-hydrogen) atoms. The third kappa shape index (κ3) is 2.02. The number of fused-ring (bicyclic) bond motifs is 1. The minimum atomic E-state index is -0.248. The largest absolute Gasteiger partial charge is 0.493 e. The Bertz CT molecular complexity index is 609. The number of nitrogens with two attached hydrogens (primary N) is 1. The Morgan fingerprint density at radius 2 is 2.39 bits per heavy atom. The molecule has 0 fully saturated rings. The molecular formula is C12H11N3O2S. The van der Waals surface area contributed by atoms with Gasteiger partial charge in [0.2, 0.25) is 0 Å². The number of hydrogen-bond donors (Lipinski definition) is 2. The molecule has 3 N–H and O–H groups in total. The van der Waals surface area contributed by atoms with Crippen molar-refractivity contribution in [2.24, 2.45) is 0 Å². The van der Waals surface area contributed by atoms with Crippen molar-refractivity contribution >= 4 is 28.1 Å². The van der Waals surface area contributed by atoms with Gasteiger partial charge < -0.3 is 15.8 Å². The zero-order valence-electron chi connectivity index (χ0n) is 9.47. The molecule has 0 unspecified atom stereocenters. The molecule has 0 saturated heterocycles. The normalized spacial score (nSPS) is 12.9. The molecule has 0 aliphatic carbocycles. The van der Waals surface area contributed by atoms with Gasteiger partial charge in [0.25, 0.3) is 5.91 Å². The number of aromatic nitrogens is 1. The van der Waals surface area contributed by atoms with Crippen LogP contribution in [0.1, 0.15) is 16.1 Å². The Morgan fingerprint density at radius 3 is 3.17 bits per heavy atom. The van der Waals surface area contributed by atoms with E-state index in [2.05, 4.69) is 10.3 Å². The first-order valence-electron chi connectivity index (χ1n) is 5.50. The van der Waals surface area contributed by atoms with Gasteiger partial charge in [0.15, 0.2) is 5.13 Å². The van der Waals surface area contributed by atoms with Crippen molar-refractivity contribution in [2.45, 2.75) is 6.42 Å². The highest BCUT2D eigenvalue weighted by Crippen LogP contribution is 2.28. The van der Waals surface area contributed by atoms with Crippen LogP contribution >= 0.6 is 11.3 Å². The van der Waals surface area contributed by atoms with Crippen molar-refractivity contribution in [2.75, 3.05) is 17.7 Å². The number of benzene rings is 1. The van der Waals surface area contributed by atoms with Crippen molar-refractivity contribution in [3.05, 3.63) is 34.8 Å². The maximum Gasteiger partial charge on any atom is 0.275 e. The lowest BCUT2D eigenvalue weighted by atomic mass is 10.1. The molecule has 1 aliphatic rings. The number of hydrogen-bond acceptors (Lipinski definition) is 5. The Morgan fingerprint density at radius 1 is 1.50 bits per heavy atom. The van der Waals surface area contributed by atoms with E-state index in [0.29, 0.717) is 17.4 Å². The summed E-state index contributed by atoms with van der Waals surface area (Å²) in [5.41, 5.74) is 7.70. The van der Waals surface area contributed by atoms with E-state index in [1.807, 2.05) is 18.2 Å². The number of nitrogen functional groups attached to an aromatic ring is 1. The fourth-order valence-corrected chi connectivity index (χ4v) is 2.39. The fourth-order valence-electron chi connectivity index (χ4n) is 1.85. The van der Waals surface area contributed by atoms with Crippen LogP contribution in [-0.2, 0) is 6.42 Å². The predicted octanol–water partition coefficient (Wildman–Crippen LogP) is 1.91. The van der Waals surface area contributed by atoms with Gasteiger partial charge in [-0.3, -0.25) is 4.79 Å². The number of carbonyl (C=O) groups is 1. The summed E-state index contributed by atoms with van der Waals surface area (Å²) >= 11 is 1.25. The Hall–Kier alpha value is -2.08. The number of amides is 1. The molecule has 3 rings (SSSR count).